The van der Waals surface area contributed by atoms with E-state index in [1.807, 2.05) is 0 Å². The van der Waals surface area contributed by atoms with Crippen LogP contribution in [0.15, 0.2) is 5.16 Å². The first kappa shape index (κ1) is 12.4. The summed E-state index contributed by atoms with van der Waals surface area (Å²) < 4.78 is 2.09. The van der Waals surface area contributed by atoms with Gasteiger partial charge in [0.25, 0.3) is 0 Å². The Hall–Kier alpha value is -1.04. The Balaban J connectivity index is 2.13. The van der Waals surface area contributed by atoms with Gasteiger partial charge in [0.2, 0.25) is 0 Å². The minimum absolute atomic E-state index is 0.0481. The van der Waals surface area contributed by atoms with Gasteiger partial charge in [-0.2, -0.15) is 0 Å². The van der Waals surface area contributed by atoms with E-state index in [9.17, 15) is 4.79 Å². The molecule has 5 nitrogen and oxygen atoms in total. The largest absolute Gasteiger partial charge is 0.481 e. The molecular formula is C11H17N3O2S. The molecular weight excluding hydrogens is 238 g/mol. The maximum absolute atomic E-state index is 10.6. The van der Waals surface area contributed by atoms with Gasteiger partial charge in [-0.05, 0) is 19.3 Å². The van der Waals surface area contributed by atoms with Gasteiger partial charge in [0, 0.05) is 12.5 Å². The van der Waals surface area contributed by atoms with E-state index in [1.54, 1.807) is 0 Å². The number of carboxylic acid groups (broad SMARTS) is 1. The number of thioether (sulfide) groups is 1. The van der Waals surface area contributed by atoms with Crippen LogP contribution in [0, 0.1) is 0 Å². The SMILES string of the molecule is CCCn1c(SCC(=O)O)nnc1C1CCC1. The summed E-state index contributed by atoms with van der Waals surface area (Å²) in [5.74, 6) is 0.817. The topological polar surface area (TPSA) is 68.0 Å². The van der Waals surface area contributed by atoms with Gasteiger partial charge >= 0.3 is 5.97 Å². The molecule has 0 aliphatic heterocycles. The molecule has 0 spiro atoms. The highest BCUT2D eigenvalue weighted by Gasteiger charge is 2.26. The second kappa shape index (κ2) is 5.53. The molecule has 6 heteroatoms. The van der Waals surface area contributed by atoms with E-state index in [2.05, 4.69) is 21.7 Å². The van der Waals surface area contributed by atoms with Crippen LogP contribution in [-0.4, -0.2) is 31.6 Å². The Labute approximate surface area is 105 Å². The Morgan fingerprint density at radius 2 is 2.29 bits per heavy atom. The normalized spacial score (nSPS) is 15.8. The van der Waals surface area contributed by atoms with E-state index >= 15 is 0 Å². The average molecular weight is 255 g/mol. The molecule has 17 heavy (non-hydrogen) atoms. The number of carbonyl (C=O) groups is 1. The molecule has 1 heterocycles. The van der Waals surface area contributed by atoms with Crippen LogP contribution in [0.3, 0.4) is 0 Å². The number of carboxylic acids is 1. The summed E-state index contributed by atoms with van der Waals surface area (Å²) in [4.78, 5) is 10.6. The van der Waals surface area contributed by atoms with Crippen LogP contribution < -0.4 is 0 Å². The summed E-state index contributed by atoms with van der Waals surface area (Å²) in [6, 6.07) is 0. The van der Waals surface area contributed by atoms with Crippen molar-refractivity contribution in [2.45, 2.75) is 50.2 Å². The molecule has 0 radical (unpaired) electrons. The van der Waals surface area contributed by atoms with E-state index in [0.717, 1.165) is 23.9 Å². The molecule has 1 fully saturated rings. The number of hydrogen-bond acceptors (Lipinski definition) is 4. The Morgan fingerprint density at radius 3 is 2.82 bits per heavy atom. The molecule has 0 saturated heterocycles. The summed E-state index contributed by atoms with van der Waals surface area (Å²) in [6.07, 6.45) is 4.65. The fourth-order valence-corrected chi connectivity index (χ4v) is 2.63. The number of rotatable bonds is 6. The van der Waals surface area contributed by atoms with E-state index in [1.165, 1.54) is 31.0 Å². The van der Waals surface area contributed by atoms with Crippen molar-refractivity contribution in [3.63, 3.8) is 0 Å². The highest BCUT2D eigenvalue weighted by molar-refractivity contribution is 7.99. The highest BCUT2D eigenvalue weighted by atomic mass is 32.2. The Bertz CT molecular complexity index is 401. The molecule has 1 N–H and O–H groups in total. The lowest BCUT2D eigenvalue weighted by atomic mass is 9.85. The molecule has 0 amide bonds. The molecule has 0 unspecified atom stereocenters. The molecule has 1 aliphatic carbocycles. The first-order valence-electron chi connectivity index (χ1n) is 6.00. The average Bonchev–Trinajstić information content (AvgIpc) is 2.57. The van der Waals surface area contributed by atoms with Gasteiger partial charge in [0.1, 0.15) is 5.82 Å². The van der Waals surface area contributed by atoms with Crippen LogP contribution in [0.4, 0.5) is 0 Å². The molecule has 94 valence electrons. The molecule has 2 rings (SSSR count). The molecule has 1 saturated carbocycles. The fraction of sp³-hybridized carbons (Fsp3) is 0.727. The van der Waals surface area contributed by atoms with Gasteiger partial charge in [-0.25, -0.2) is 0 Å². The van der Waals surface area contributed by atoms with E-state index in [4.69, 9.17) is 5.11 Å². The zero-order valence-corrected chi connectivity index (χ0v) is 10.7. The predicted molar refractivity (Wildman–Crippen MR) is 65.3 cm³/mol. The fourth-order valence-electron chi connectivity index (χ4n) is 1.94. The van der Waals surface area contributed by atoms with Crippen LogP contribution in [0.1, 0.15) is 44.3 Å². The summed E-state index contributed by atoms with van der Waals surface area (Å²) >= 11 is 1.26. The van der Waals surface area contributed by atoms with Gasteiger partial charge in [0.15, 0.2) is 5.16 Å². The smallest absolute Gasteiger partial charge is 0.313 e. The number of aromatic nitrogens is 3. The van der Waals surface area contributed by atoms with Crippen molar-refractivity contribution in [1.29, 1.82) is 0 Å². The van der Waals surface area contributed by atoms with Crippen molar-refractivity contribution < 1.29 is 9.90 Å². The maximum Gasteiger partial charge on any atom is 0.313 e. The lowest BCUT2D eigenvalue weighted by molar-refractivity contribution is -0.133. The maximum atomic E-state index is 10.6. The first-order valence-corrected chi connectivity index (χ1v) is 6.98. The summed E-state index contributed by atoms with van der Waals surface area (Å²) in [5.41, 5.74) is 0. The minimum atomic E-state index is -0.814. The number of nitrogens with zero attached hydrogens (tertiary/aromatic N) is 3. The van der Waals surface area contributed by atoms with E-state index in [-0.39, 0.29) is 5.75 Å². The molecule has 1 aromatic heterocycles. The molecule has 0 bridgehead atoms. The van der Waals surface area contributed by atoms with Crippen molar-refractivity contribution in [2.75, 3.05) is 5.75 Å². The first-order chi connectivity index (χ1) is 8.22. The number of hydrogen-bond donors (Lipinski definition) is 1. The van der Waals surface area contributed by atoms with E-state index in [0.29, 0.717) is 5.92 Å². The van der Waals surface area contributed by atoms with Crippen LogP contribution in [0.25, 0.3) is 0 Å². The third kappa shape index (κ3) is 2.80. The number of aliphatic carboxylic acids is 1. The lowest BCUT2D eigenvalue weighted by Gasteiger charge is -2.25. The van der Waals surface area contributed by atoms with Gasteiger partial charge in [-0.15, -0.1) is 10.2 Å². The highest BCUT2D eigenvalue weighted by Crippen LogP contribution is 2.36. The van der Waals surface area contributed by atoms with Crippen LogP contribution in [0.5, 0.6) is 0 Å². The third-order valence-corrected chi connectivity index (χ3v) is 3.94. The monoisotopic (exact) mass is 255 g/mol. The molecule has 0 aromatic carbocycles. The minimum Gasteiger partial charge on any atom is -0.481 e. The lowest BCUT2D eigenvalue weighted by Crippen LogP contribution is -2.16. The summed E-state index contributed by atoms with van der Waals surface area (Å²) in [6.45, 7) is 2.98. The zero-order chi connectivity index (χ0) is 12.3. The van der Waals surface area contributed by atoms with Crippen LogP contribution >= 0.6 is 11.8 Å². The summed E-state index contributed by atoms with van der Waals surface area (Å²) in [5, 5.41) is 17.8. The van der Waals surface area contributed by atoms with Gasteiger partial charge in [-0.3, -0.25) is 4.79 Å². The summed E-state index contributed by atoms with van der Waals surface area (Å²) in [7, 11) is 0. The molecule has 1 aliphatic rings. The van der Waals surface area contributed by atoms with Gasteiger partial charge in [-0.1, -0.05) is 25.1 Å². The van der Waals surface area contributed by atoms with Crippen molar-refractivity contribution in [3.05, 3.63) is 5.82 Å². The van der Waals surface area contributed by atoms with Crippen molar-refractivity contribution in [3.8, 4) is 0 Å². The van der Waals surface area contributed by atoms with Gasteiger partial charge in [0.05, 0.1) is 5.75 Å². The van der Waals surface area contributed by atoms with Crippen molar-refractivity contribution >= 4 is 17.7 Å². The molecule has 0 atom stereocenters. The third-order valence-electron chi connectivity index (χ3n) is 2.99. The predicted octanol–water partition coefficient (Wildman–Crippen LogP) is 2.13. The zero-order valence-electron chi connectivity index (χ0n) is 9.93. The second-order valence-corrected chi connectivity index (χ2v) is 5.25. The quantitative estimate of drug-likeness (QED) is 0.789. The Kier molecular flexibility index (Phi) is 4.04. The van der Waals surface area contributed by atoms with Crippen molar-refractivity contribution in [2.24, 2.45) is 0 Å². The molecule has 1 aromatic rings. The van der Waals surface area contributed by atoms with E-state index < -0.39 is 5.97 Å². The van der Waals surface area contributed by atoms with Gasteiger partial charge < -0.3 is 9.67 Å². The van der Waals surface area contributed by atoms with Crippen molar-refractivity contribution in [1.82, 2.24) is 14.8 Å². The second-order valence-electron chi connectivity index (χ2n) is 4.30. The standard InChI is InChI=1S/C11H17N3O2S/c1-2-6-14-10(8-4-3-5-8)12-13-11(14)17-7-9(15)16/h8H,2-7H2,1H3,(H,15,16). The van der Waals surface area contributed by atoms with Crippen LogP contribution in [0.2, 0.25) is 0 Å². The van der Waals surface area contributed by atoms with Crippen LogP contribution in [-0.2, 0) is 11.3 Å². The Morgan fingerprint density at radius 1 is 1.53 bits per heavy atom.